The van der Waals surface area contributed by atoms with Gasteiger partial charge in [0.15, 0.2) is 0 Å². The molecule has 3 fully saturated rings. The SMILES string of the molecule is CC/C=C\COCC(COCCCCCCCCOC1CCC2(C)C(=CCC3[C@@H]2CCC2(C)[C@@H]([C@H](C)CCCC(C)C)CC[C@@H]32)C1)N(C)C. The van der Waals surface area contributed by atoms with Crippen LogP contribution in [0, 0.1) is 46.3 Å². The average molecular weight is 684 g/mol. The van der Waals surface area contributed by atoms with Crippen LogP contribution in [0.4, 0.5) is 0 Å². The van der Waals surface area contributed by atoms with Crippen LogP contribution in [0.3, 0.4) is 0 Å². The molecule has 0 aromatic carbocycles. The van der Waals surface area contributed by atoms with E-state index in [1.807, 2.05) is 0 Å². The van der Waals surface area contributed by atoms with Crippen LogP contribution in [-0.4, -0.2) is 64.2 Å². The molecule has 9 atom stereocenters. The van der Waals surface area contributed by atoms with Crippen LogP contribution < -0.4 is 0 Å². The zero-order chi connectivity index (χ0) is 35.3. The molecule has 3 saturated carbocycles. The molecule has 0 radical (unpaired) electrons. The van der Waals surface area contributed by atoms with Gasteiger partial charge in [0.1, 0.15) is 0 Å². The minimum absolute atomic E-state index is 0.320. The first kappa shape index (κ1) is 41.1. The molecule has 0 bridgehead atoms. The third kappa shape index (κ3) is 11.4. The van der Waals surface area contributed by atoms with Crippen molar-refractivity contribution in [3.63, 3.8) is 0 Å². The van der Waals surface area contributed by atoms with E-state index in [0.717, 1.165) is 74.8 Å². The van der Waals surface area contributed by atoms with Gasteiger partial charge in [-0.1, -0.05) is 110 Å². The fourth-order valence-corrected chi connectivity index (χ4v) is 11.1. The zero-order valence-corrected chi connectivity index (χ0v) is 33.8. The third-order valence-electron chi connectivity index (χ3n) is 14.3. The highest BCUT2D eigenvalue weighted by Crippen LogP contribution is 2.67. The first-order valence-corrected chi connectivity index (χ1v) is 21.4. The molecule has 5 unspecified atom stereocenters. The molecule has 4 aliphatic carbocycles. The molecule has 4 aliphatic rings. The molecular formula is C45H81NO3. The topological polar surface area (TPSA) is 30.9 Å². The number of fused-ring (bicyclic) bond motifs is 5. The number of ether oxygens (including phenoxy) is 3. The van der Waals surface area contributed by atoms with Crippen molar-refractivity contribution in [2.75, 3.05) is 47.1 Å². The highest BCUT2D eigenvalue weighted by Gasteiger charge is 2.59. The van der Waals surface area contributed by atoms with Crippen LogP contribution in [-0.2, 0) is 14.2 Å². The zero-order valence-electron chi connectivity index (χ0n) is 33.8. The maximum absolute atomic E-state index is 6.56. The summed E-state index contributed by atoms with van der Waals surface area (Å²) in [7, 11) is 4.23. The Hall–Kier alpha value is -0.680. The summed E-state index contributed by atoms with van der Waals surface area (Å²) in [4.78, 5) is 2.21. The Balaban J connectivity index is 1.08. The summed E-state index contributed by atoms with van der Waals surface area (Å²) in [5, 5.41) is 0. The maximum atomic E-state index is 6.56. The van der Waals surface area contributed by atoms with Gasteiger partial charge in [-0.2, -0.15) is 0 Å². The Kier molecular flexibility index (Phi) is 17.2. The van der Waals surface area contributed by atoms with Crippen LogP contribution in [0.25, 0.3) is 0 Å². The second kappa shape index (κ2) is 20.5. The highest BCUT2D eigenvalue weighted by atomic mass is 16.5. The van der Waals surface area contributed by atoms with Crippen molar-refractivity contribution in [3.05, 3.63) is 23.8 Å². The summed E-state index contributed by atoms with van der Waals surface area (Å²) >= 11 is 0. The summed E-state index contributed by atoms with van der Waals surface area (Å²) < 4.78 is 18.4. The molecule has 49 heavy (non-hydrogen) atoms. The van der Waals surface area contributed by atoms with E-state index in [-0.39, 0.29) is 0 Å². The molecule has 0 saturated heterocycles. The molecule has 0 spiro atoms. The number of allylic oxidation sites excluding steroid dienone is 2. The maximum Gasteiger partial charge on any atom is 0.0648 e. The van der Waals surface area contributed by atoms with E-state index in [9.17, 15) is 0 Å². The third-order valence-corrected chi connectivity index (χ3v) is 14.3. The first-order chi connectivity index (χ1) is 23.6. The van der Waals surface area contributed by atoms with Gasteiger partial charge in [0.2, 0.25) is 0 Å². The lowest BCUT2D eigenvalue weighted by Crippen LogP contribution is -2.51. The summed E-state index contributed by atoms with van der Waals surface area (Å²) in [6.45, 7) is 18.9. The fraction of sp³-hybridized carbons (Fsp3) is 0.911. The molecule has 0 heterocycles. The lowest BCUT2D eigenvalue weighted by atomic mass is 9.47. The molecular weight excluding hydrogens is 602 g/mol. The van der Waals surface area contributed by atoms with Gasteiger partial charge in [-0.3, -0.25) is 0 Å². The predicted molar refractivity (Wildman–Crippen MR) is 209 cm³/mol. The van der Waals surface area contributed by atoms with Crippen LogP contribution >= 0.6 is 0 Å². The average Bonchev–Trinajstić information content (AvgIpc) is 3.43. The van der Waals surface area contributed by atoms with E-state index >= 15 is 0 Å². The normalized spacial score (nSPS) is 32.7. The number of hydrogen-bond donors (Lipinski definition) is 0. The van der Waals surface area contributed by atoms with Crippen molar-refractivity contribution in [1.29, 1.82) is 0 Å². The molecule has 4 heteroatoms. The van der Waals surface area contributed by atoms with E-state index in [1.165, 1.54) is 103 Å². The van der Waals surface area contributed by atoms with Crippen LogP contribution in [0.2, 0.25) is 0 Å². The first-order valence-electron chi connectivity index (χ1n) is 21.4. The number of nitrogens with zero attached hydrogens (tertiary/aromatic N) is 1. The van der Waals surface area contributed by atoms with Crippen LogP contribution in [0.5, 0.6) is 0 Å². The van der Waals surface area contributed by atoms with Gasteiger partial charge in [0.25, 0.3) is 0 Å². The van der Waals surface area contributed by atoms with E-state index in [1.54, 1.807) is 5.57 Å². The number of unbranched alkanes of at least 4 members (excludes halogenated alkanes) is 5. The second-order valence-corrected chi connectivity index (χ2v) is 18.3. The van der Waals surface area contributed by atoms with Crippen molar-refractivity contribution >= 4 is 0 Å². The standard InChI is InChI=1S/C45H81NO3/c1-9-10-15-29-47-33-38(46(7)8)34-48-30-16-13-11-12-14-17-31-49-39-25-27-44(5)37(32-39)21-22-40-42-24-23-41(36(4)20-18-19-35(2)3)45(42,6)28-26-43(40)44/h10,15,21,35-36,38-43H,9,11-14,16-20,22-34H2,1-8H3/b15-10-/t36-,38?,39?,40?,41-,42+,43+,44?,45?/m1/s1. The Bertz CT molecular complexity index is 990. The molecule has 0 N–H and O–H groups in total. The quantitative estimate of drug-likeness (QED) is 0.0792. The number of likely N-dealkylation sites (N-methyl/N-ethyl adjacent to an activating group) is 1. The Morgan fingerprint density at radius 3 is 2.29 bits per heavy atom. The molecule has 284 valence electrons. The Morgan fingerprint density at radius 1 is 0.816 bits per heavy atom. The van der Waals surface area contributed by atoms with E-state index in [0.29, 0.717) is 29.6 Å². The number of hydrogen-bond acceptors (Lipinski definition) is 4. The summed E-state index contributed by atoms with van der Waals surface area (Å²) in [6, 6.07) is 0.320. The summed E-state index contributed by atoms with van der Waals surface area (Å²) in [6.07, 6.45) is 31.5. The monoisotopic (exact) mass is 684 g/mol. The van der Waals surface area contributed by atoms with Gasteiger partial charge in [-0.05, 0) is 131 Å². The minimum Gasteiger partial charge on any atom is -0.380 e. The van der Waals surface area contributed by atoms with Gasteiger partial charge in [0.05, 0.1) is 32.0 Å². The van der Waals surface area contributed by atoms with Crippen molar-refractivity contribution in [2.45, 2.75) is 169 Å². The van der Waals surface area contributed by atoms with Gasteiger partial charge in [-0.25, -0.2) is 0 Å². The van der Waals surface area contributed by atoms with Crippen molar-refractivity contribution < 1.29 is 14.2 Å². The highest BCUT2D eigenvalue weighted by molar-refractivity contribution is 5.25. The van der Waals surface area contributed by atoms with Crippen LogP contribution in [0.15, 0.2) is 23.8 Å². The summed E-state index contributed by atoms with van der Waals surface area (Å²) in [5.41, 5.74) is 2.80. The Morgan fingerprint density at radius 2 is 1.55 bits per heavy atom. The predicted octanol–water partition coefficient (Wildman–Crippen LogP) is 11.7. The lowest BCUT2D eigenvalue weighted by Gasteiger charge is -2.58. The molecule has 4 nitrogen and oxygen atoms in total. The van der Waals surface area contributed by atoms with Gasteiger partial charge >= 0.3 is 0 Å². The smallest absolute Gasteiger partial charge is 0.0648 e. The lowest BCUT2D eigenvalue weighted by molar-refractivity contribution is -0.0641. The van der Waals surface area contributed by atoms with E-state index in [2.05, 4.69) is 78.8 Å². The van der Waals surface area contributed by atoms with Crippen LogP contribution in [0.1, 0.15) is 157 Å². The van der Waals surface area contributed by atoms with E-state index in [4.69, 9.17) is 14.2 Å². The Labute approximate surface area is 304 Å². The van der Waals surface area contributed by atoms with Gasteiger partial charge < -0.3 is 19.1 Å². The minimum atomic E-state index is 0.320. The largest absolute Gasteiger partial charge is 0.380 e. The fourth-order valence-electron chi connectivity index (χ4n) is 11.1. The molecule has 4 rings (SSSR count). The van der Waals surface area contributed by atoms with Crippen molar-refractivity contribution in [3.8, 4) is 0 Å². The molecule has 0 aromatic rings. The van der Waals surface area contributed by atoms with Gasteiger partial charge in [0, 0.05) is 13.2 Å². The molecule has 0 aliphatic heterocycles. The molecule has 0 aromatic heterocycles. The van der Waals surface area contributed by atoms with E-state index < -0.39 is 0 Å². The summed E-state index contributed by atoms with van der Waals surface area (Å²) in [5.74, 6) is 5.50. The van der Waals surface area contributed by atoms with Crippen molar-refractivity contribution in [2.24, 2.45) is 46.3 Å². The second-order valence-electron chi connectivity index (χ2n) is 18.3. The number of rotatable bonds is 23. The van der Waals surface area contributed by atoms with Gasteiger partial charge in [-0.15, -0.1) is 0 Å². The van der Waals surface area contributed by atoms with Crippen molar-refractivity contribution in [1.82, 2.24) is 4.90 Å². The molecule has 0 amide bonds.